The lowest BCUT2D eigenvalue weighted by Gasteiger charge is -1.94. The van der Waals surface area contributed by atoms with E-state index in [-0.39, 0.29) is 5.91 Å². The van der Waals surface area contributed by atoms with Gasteiger partial charge in [-0.2, -0.15) is 4.52 Å². The van der Waals surface area contributed by atoms with Crippen LogP contribution in [-0.4, -0.2) is 38.5 Å². The lowest BCUT2D eigenvalue weighted by molar-refractivity contribution is -0.118. The molecule has 0 radical (unpaired) electrons. The molecule has 2 aromatic heterocycles. The molecule has 0 spiro atoms. The number of amides is 1. The van der Waals surface area contributed by atoms with E-state index in [1.807, 2.05) is 0 Å². The predicted octanol–water partition coefficient (Wildman–Crippen LogP) is 0.0239. The molecule has 0 bridgehead atoms. The molecule has 2 rings (SSSR count). The number of aromatic nitrogens is 4. The Morgan fingerprint density at radius 3 is 3.36 bits per heavy atom. The highest BCUT2D eigenvalue weighted by molar-refractivity contribution is 8.01. The third-order valence-electron chi connectivity index (χ3n) is 1.47. The van der Waals surface area contributed by atoms with Gasteiger partial charge < -0.3 is 5.32 Å². The van der Waals surface area contributed by atoms with Crippen molar-refractivity contribution in [3.8, 4) is 0 Å². The second kappa shape index (κ2) is 3.93. The van der Waals surface area contributed by atoms with E-state index in [0.717, 1.165) is 9.30 Å². The number of hydrogen-bond donors (Lipinski definition) is 1. The Morgan fingerprint density at radius 1 is 1.79 bits per heavy atom. The van der Waals surface area contributed by atoms with Gasteiger partial charge in [-0.05, 0) is 0 Å². The van der Waals surface area contributed by atoms with Gasteiger partial charge in [0.25, 0.3) is 0 Å². The van der Waals surface area contributed by atoms with Crippen LogP contribution in [0.5, 0.6) is 0 Å². The molecule has 6 nitrogen and oxygen atoms in total. The van der Waals surface area contributed by atoms with E-state index in [2.05, 4.69) is 20.6 Å². The standard InChI is InChI=1S/C6H7N5OS2/c1-7-4(12)2-13-6-10-11-3-8-9-5(11)14-6/h3H,2H2,1H3,(H,7,12). The lowest BCUT2D eigenvalue weighted by atomic mass is 10.7. The van der Waals surface area contributed by atoms with Crippen molar-refractivity contribution < 1.29 is 4.79 Å². The summed E-state index contributed by atoms with van der Waals surface area (Å²) < 4.78 is 2.41. The molecule has 0 saturated carbocycles. The van der Waals surface area contributed by atoms with Crippen molar-refractivity contribution >= 4 is 34.0 Å². The van der Waals surface area contributed by atoms with Gasteiger partial charge in [-0.3, -0.25) is 4.79 Å². The largest absolute Gasteiger partial charge is 0.358 e. The maximum absolute atomic E-state index is 10.9. The molecular formula is C6H7N5OS2. The quantitative estimate of drug-likeness (QED) is 0.751. The number of carbonyl (C=O) groups is 1. The SMILES string of the molecule is CNC(=O)CSc1nn2cnnc2s1. The Morgan fingerprint density at radius 2 is 2.64 bits per heavy atom. The Labute approximate surface area is 87.7 Å². The molecule has 0 aliphatic carbocycles. The molecule has 1 amide bonds. The van der Waals surface area contributed by atoms with Crippen LogP contribution in [0.25, 0.3) is 4.96 Å². The molecule has 74 valence electrons. The first-order valence-corrected chi connectivity index (χ1v) is 5.60. The van der Waals surface area contributed by atoms with Crippen LogP contribution in [0.3, 0.4) is 0 Å². The van der Waals surface area contributed by atoms with Crippen molar-refractivity contribution in [1.82, 2.24) is 25.1 Å². The highest BCUT2D eigenvalue weighted by Gasteiger charge is 2.07. The number of thioether (sulfide) groups is 1. The molecule has 1 N–H and O–H groups in total. The molecule has 0 saturated heterocycles. The summed E-state index contributed by atoms with van der Waals surface area (Å²) in [6.45, 7) is 0. The Kier molecular flexibility index (Phi) is 2.64. The van der Waals surface area contributed by atoms with Crippen LogP contribution in [0.15, 0.2) is 10.7 Å². The third-order valence-corrected chi connectivity index (χ3v) is 3.52. The zero-order chi connectivity index (χ0) is 9.97. The van der Waals surface area contributed by atoms with Crippen molar-refractivity contribution in [1.29, 1.82) is 0 Å². The predicted molar refractivity (Wildman–Crippen MR) is 53.4 cm³/mol. The normalized spacial score (nSPS) is 10.6. The lowest BCUT2D eigenvalue weighted by Crippen LogP contribution is -2.19. The molecule has 2 heterocycles. The smallest absolute Gasteiger partial charge is 0.235 e. The third kappa shape index (κ3) is 1.85. The van der Waals surface area contributed by atoms with E-state index in [1.165, 1.54) is 29.4 Å². The summed E-state index contributed by atoms with van der Waals surface area (Å²) in [6, 6.07) is 0. The van der Waals surface area contributed by atoms with Crippen molar-refractivity contribution in [2.75, 3.05) is 12.8 Å². The second-order valence-electron chi connectivity index (χ2n) is 2.39. The monoisotopic (exact) mass is 229 g/mol. The van der Waals surface area contributed by atoms with Gasteiger partial charge in [0.2, 0.25) is 10.9 Å². The number of hydrogen-bond acceptors (Lipinski definition) is 6. The van der Waals surface area contributed by atoms with Crippen LogP contribution in [-0.2, 0) is 4.79 Å². The summed E-state index contributed by atoms with van der Waals surface area (Å²) in [6.07, 6.45) is 1.54. The molecule has 0 aliphatic rings. The molecule has 14 heavy (non-hydrogen) atoms. The fourth-order valence-corrected chi connectivity index (χ4v) is 2.53. The minimum Gasteiger partial charge on any atom is -0.358 e. The number of nitrogens with zero attached hydrogens (tertiary/aromatic N) is 4. The van der Waals surface area contributed by atoms with E-state index < -0.39 is 0 Å². The van der Waals surface area contributed by atoms with Gasteiger partial charge in [-0.1, -0.05) is 23.1 Å². The second-order valence-corrected chi connectivity index (χ2v) is 4.57. The highest BCUT2D eigenvalue weighted by Crippen LogP contribution is 2.22. The van der Waals surface area contributed by atoms with Gasteiger partial charge in [-0.25, -0.2) is 0 Å². The summed E-state index contributed by atoms with van der Waals surface area (Å²) in [5.41, 5.74) is 0. The van der Waals surface area contributed by atoms with Crippen molar-refractivity contribution in [2.45, 2.75) is 4.34 Å². The van der Waals surface area contributed by atoms with Crippen LogP contribution in [0.4, 0.5) is 0 Å². The summed E-state index contributed by atoms with van der Waals surface area (Å²) in [4.78, 5) is 11.7. The maximum atomic E-state index is 10.9. The Balaban J connectivity index is 2.05. The molecule has 0 unspecified atom stereocenters. The van der Waals surface area contributed by atoms with E-state index >= 15 is 0 Å². The Bertz CT molecular complexity index is 421. The van der Waals surface area contributed by atoms with Gasteiger partial charge in [0.1, 0.15) is 6.33 Å². The number of rotatable bonds is 3. The number of fused-ring (bicyclic) bond motifs is 1. The Hall–Kier alpha value is -1.15. The minimum atomic E-state index is -0.0130. The molecule has 0 fully saturated rings. The van der Waals surface area contributed by atoms with E-state index in [4.69, 9.17) is 0 Å². The van der Waals surface area contributed by atoms with Crippen LogP contribution in [0, 0.1) is 0 Å². The van der Waals surface area contributed by atoms with Gasteiger partial charge in [-0.15, -0.1) is 15.3 Å². The summed E-state index contributed by atoms with van der Waals surface area (Å²) in [5.74, 6) is 0.363. The van der Waals surface area contributed by atoms with Crippen LogP contribution in [0.1, 0.15) is 0 Å². The average Bonchev–Trinajstić information content (AvgIpc) is 2.73. The number of carbonyl (C=O) groups excluding carboxylic acids is 1. The summed E-state index contributed by atoms with van der Waals surface area (Å²) >= 11 is 2.81. The molecule has 2 aromatic rings. The summed E-state index contributed by atoms with van der Waals surface area (Å²) in [7, 11) is 1.61. The fourth-order valence-electron chi connectivity index (χ4n) is 0.799. The van der Waals surface area contributed by atoms with Crippen LogP contribution >= 0.6 is 23.1 Å². The molecule has 0 atom stereocenters. The average molecular weight is 229 g/mol. The topological polar surface area (TPSA) is 72.2 Å². The zero-order valence-corrected chi connectivity index (χ0v) is 8.93. The van der Waals surface area contributed by atoms with E-state index in [9.17, 15) is 4.79 Å². The minimum absolute atomic E-state index is 0.0130. The summed E-state index contributed by atoms with van der Waals surface area (Å²) in [5, 5.41) is 14.2. The van der Waals surface area contributed by atoms with Crippen LogP contribution < -0.4 is 5.32 Å². The first kappa shape index (κ1) is 9.41. The van der Waals surface area contributed by atoms with Crippen molar-refractivity contribution in [2.24, 2.45) is 0 Å². The van der Waals surface area contributed by atoms with Gasteiger partial charge in [0.05, 0.1) is 5.75 Å². The van der Waals surface area contributed by atoms with Gasteiger partial charge >= 0.3 is 0 Å². The molecule has 8 heteroatoms. The molecule has 0 aromatic carbocycles. The highest BCUT2D eigenvalue weighted by atomic mass is 32.2. The first-order valence-electron chi connectivity index (χ1n) is 3.80. The molecule has 0 aliphatic heterocycles. The van der Waals surface area contributed by atoms with Crippen LogP contribution in [0.2, 0.25) is 0 Å². The number of nitrogens with one attached hydrogen (secondary N) is 1. The molecular weight excluding hydrogens is 222 g/mol. The van der Waals surface area contributed by atoms with E-state index in [1.54, 1.807) is 11.6 Å². The van der Waals surface area contributed by atoms with Gasteiger partial charge in [0.15, 0.2) is 4.34 Å². The van der Waals surface area contributed by atoms with Crippen molar-refractivity contribution in [3.05, 3.63) is 6.33 Å². The van der Waals surface area contributed by atoms with Crippen molar-refractivity contribution in [3.63, 3.8) is 0 Å². The maximum Gasteiger partial charge on any atom is 0.235 e. The zero-order valence-electron chi connectivity index (χ0n) is 7.30. The van der Waals surface area contributed by atoms with Gasteiger partial charge in [0, 0.05) is 7.05 Å². The fraction of sp³-hybridized carbons (Fsp3) is 0.333. The van der Waals surface area contributed by atoms with E-state index in [0.29, 0.717) is 5.75 Å². The first-order chi connectivity index (χ1) is 6.79.